The number of carboxylic acid groups (broad SMARTS) is 1. The van der Waals surface area contributed by atoms with Crippen LogP contribution in [-0.2, 0) is 9.59 Å². The topological polar surface area (TPSA) is 86.6 Å². The second kappa shape index (κ2) is 3.74. The Morgan fingerprint density at radius 1 is 1.38 bits per heavy atom. The fourth-order valence-corrected chi connectivity index (χ4v) is 1.63. The molecule has 3 atom stereocenters. The van der Waals surface area contributed by atoms with Gasteiger partial charge in [-0.3, -0.25) is 9.59 Å². The standard InChI is InChI=1S/C8H13NO4/c1-4(10)9-6-2-5(8(12)13)3-7(6)11/h5-7,11H,2-3H2,1H3,(H,9,10)(H,12,13)/t5-,6+,7-/m1/s1. The minimum Gasteiger partial charge on any atom is -0.481 e. The van der Waals surface area contributed by atoms with Crippen LogP contribution in [0.3, 0.4) is 0 Å². The Kier molecular flexibility index (Phi) is 2.87. The Balaban J connectivity index is 2.51. The molecule has 0 aromatic heterocycles. The third kappa shape index (κ3) is 2.42. The molecule has 74 valence electrons. The summed E-state index contributed by atoms with van der Waals surface area (Å²) in [6.45, 7) is 1.35. The number of hydrogen-bond donors (Lipinski definition) is 3. The van der Waals surface area contributed by atoms with Crippen molar-refractivity contribution in [3.63, 3.8) is 0 Å². The van der Waals surface area contributed by atoms with E-state index >= 15 is 0 Å². The van der Waals surface area contributed by atoms with E-state index in [-0.39, 0.29) is 12.3 Å². The summed E-state index contributed by atoms with van der Waals surface area (Å²) in [5, 5.41) is 20.6. The maximum Gasteiger partial charge on any atom is 0.306 e. The highest BCUT2D eigenvalue weighted by atomic mass is 16.4. The fraction of sp³-hybridized carbons (Fsp3) is 0.750. The molecule has 3 N–H and O–H groups in total. The van der Waals surface area contributed by atoms with Gasteiger partial charge >= 0.3 is 5.97 Å². The predicted molar refractivity (Wildman–Crippen MR) is 44.0 cm³/mol. The van der Waals surface area contributed by atoms with Gasteiger partial charge in [-0.1, -0.05) is 0 Å². The van der Waals surface area contributed by atoms with Gasteiger partial charge in [0.25, 0.3) is 0 Å². The molecule has 1 saturated carbocycles. The molecule has 5 nitrogen and oxygen atoms in total. The number of carbonyl (C=O) groups excluding carboxylic acids is 1. The molecular formula is C8H13NO4. The number of carbonyl (C=O) groups is 2. The van der Waals surface area contributed by atoms with E-state index in [2.05, 4.69) is 5.32 Å². The van der Waals surface area contributed by atoms with Crippen LogP contribution in [-0.4, -0.2) is 34.2 Å². The van der Waals surface area contributed by atoms with Gasteiger partial charge in [-0.25, -0.2) is 0 Å². The van der Waals surface area contributed by atoms with Crippen LogP contribution in [0.2, 0.25) is 0 Å². The first-order chi connectivity index (χ1) is 6.00. The number of hydrogen-bond acceptors (Lipinski definition) is 3. The largest absolute Gasteiger partial charge is 0.481 e. The molecular weight excluding hydrogens is 174 g/mol. The smallest absolute Gasteiger partial charge is 0.306 e. The van der Waals surface area contributed by atoms with E-state index in [1.165, 1.54) is 6.92 Å². The number of rotatable bonds is 2. The Bertz CT molecular complexity index is 228. The SMILES string of the molecule is CC(=O)N[C@H]1C[C@@H](C(=O)O)C[C@H]1O. The van der Waals surface area contributed by atoms with Crippen LogP contribution in [0.1, 0.15) is 19.8 Å². The number of nitrogens with one attached hydrogen (secondary N) is 1. The minimum atomic E-state index is -0.910. The molecule has 0 radical (unpaired) electrons. The summed E-state index contributed by atoms with van der Waals surface area (Å²) in [5.74, 6) is -1.69. The summed E-state index contributed by atoms with van der Waals surface area (Å²) < 4.78 is 0. The Labute approximate surface area is 75.7 Å². The van der Waals surface area contributed by atoms with Gasteiger partial charge in [0.15, 0.2) is 0 Å². The predicted octanol–water partition coefficient (Wildman–Crippen LogP) is -0.653. The van der Waals surface area contributed by atoms with Crippen LogP contribution in [0.25, 0.3) is 0 Å². The molecule has 5 heteroatoms. The third-order valence-corrected chi connectivity index (χ3v) is 2.27. The van der Waals surface area contributed by atoms with E-state index in [0.29, 0.717) is 6.42 Å². The lowest BCUT2D eigenvalue weighted by atomic mass is 10.1. The third-order valence-electron chi connectivity index (χ3n) is 2.27. The Morgan fingerprint density at radius 2 is 2.00 bits per heavy atom. The first-order valence-corrected chi connectivity index (χ1v) is 4.18. The van der Waals surface area contributed by atoms with Crippen molar-refractivity contribution in [2.75, 3.05) is 0 Å². The van der Waals surface area contributed by atoms with Crippen molar-refractivity contribution in [2.45, 2.75) is 31.9 Å². The lowest BCUT2D eigenvalue weighted by Gasteiger charge is -2.14. The summed E-state index contributed by atoms with van der Waals surface area (Å²) in [4.78, 5) is 21.2. The molecule has 0 unspecified atom stereocenters. The highest BCUT2D eigenvalue weighted by Gasteiger charge is 2.37. The Hall–Kier alpha value is -1.10. The van der Waals surface area contributed by atoms with Crippen molar-refractivity contribution in [1.82, 2.24) is 5.32 Å². The van der Waals surface area contributed by atoms with Crippen molar-refractivity contribution in [3.8, 4) is 0 Å². The Morgan fingerprint density at radius 3 is 2.38 bits per heavy atom. The van der Waals surface area contributed by atoms with E-state index in [0.717, 1.165) is 0 Å². The lowest BCUT2D eigenvalue weighted by Crippen LogP contribution is -2.38. The zero-order valence-corrected chi connectivity index (χ0v) is 7.36. The van der Waals surface area contributed by atoms with Crippen molar-refractivity contribution in [1.29, 1.82) is 0 Å². The van der Waals surface area contributed by atoms with Crippen LogP contribution in [0.15, 0.2) is 0 Å². The van der Waals surface area contributed by atoms with Crippen LogP contribution in [0.4, 0.5) is 0 Å². The molecule has 0 bridgehead atoms. The molecule has 0 aromatic carbocycles. The molecule has 1 aliphatic carbocycles. The zero-order chi connectivity index (χ0) is 10.0. The highest BCUT2D eigenvalue weighted by molar-refractivity contribution is 5.74. The normalized spacial score (nSPS) is 32.9. The van der Waals surface area contributed by atoms with Crippen LogP contribution in [0, 0.1) is 5.92 Å². The quantitative estimate of drug-likeness (QED) is 0.536. The van der Waals surface area contributed by atoms with Gasteiger partial charge in [0.1, 0.15) is 0 Å². The van der Waals surface area contributed by atoms with E-state index in [1.807, 2.05) is 0 Å². The molecule has 0 aromatic rings. The van der Waals surface area contributed by atoms with Gasteiger partial charge in [0.05, 0.1) is 18.1 Å². The van der Waals surface area contributed by atoms with Gasteiger partial charge in [0.2, 0.25) is 5.91 Å². The van der Waals surface area contributed by atoms with E-state index in [9.17, 15) is 14.7 Å². The monoisotopic (exact) mass is 187 g/mol. The summed E-state index contributed by atoms with van der Waals surface area (Å²) in [6, 6.07) is -0.404. The van der Waals surface area contributed by atoms with Gasteiger partial charge in [0, 0.05) is 6.92 Å². The van der Waals surface area contributed by atoms with Gasteiger partial charge in [-0.05, 0) is 12.8 Å². The van der Waals surface area contributed by atoms with Crippen LogP contribution >= 0.6 is 0 Å². The average molecular weight is 187 g/mol. The van der Waals surface area contributed by atoms with E-state index in [4.69, 9.17) is 5.11 Å². The minimum absolute atomic E-state index is 0.223. The number of aliphatic hydroxyl groups is 1. The lowest BCUT2D eigenvalue weighted by molar-refractivity contribution is -0.141. The number of carboxylic acids is 1. The van der Waals surface area contributed by atoms with Gasteiger partial charge in [-0.15, -0.1) is 0 Å². The number of aliphatic hydroxyl groups excluding tert-OH is 1. The van der Waals surface area contributed by atoms with Crippen molar-refractivity contribution in [3.05, 3.63) is 0 Å². The van der Waals surface area contributed by atoms with Crippen LogP contribution < -0.4 is 5.32 Å². The maximum atomic E-state index is 10.7. The first kappa shape index (κ1) is 9.98. The molecule has 1 amide bonds. The van der Waals surface area contributed by atoms with E-state index < -0.39 is 24.0 Å². The first-order valence-electron chi connectivity index (χ1n) is 4.18. The molecule has 13 heavy (non-hydrogen) atoms. The second-order valence-electron chi connectivity index (χ2n) is 3.38. The maximum absolute atomic E-state index is 10.7. The average Bonchev–Trinajstić information content (AvgIpc) is 2.31. The molecule has 0 saturated heterocycles. The van der Waals surface area contributed by atoms with Gasteiger partial charge < -0.3 is 15.5 Å². The summed E-state index contributed by atoms with van der Waals surface area (Å²) >= 11 is 0. The zero-order valence-electron chi connectivity index (χ0n) is 7.36. The second-order valence-corrected chi connectivity index (χ2v) is 3.38. The summed E-state index contributed by atoms with van der Waals surface area (Å²) in [6.07, 6.45) is -0.193. The van der Waals surface area contributed by atoms with Crippen LogP contribution in [0.5, 0.6) is 0 Å². The summed E-state index contributed by atoms with van der Waals surface area (Å²) in [5.41, 5.74) is 0. The van der Waals surface area contributed by atoms with Gasteiger partial charge in [-0.2, -0.15) is 0 Å². The molecule has 1 aliphatic rings. The molecule has 0 spiro atoms. The number of aliphatic carboxylic acids is 1. The number of amides is 1. The fourth-order valence-electron chi connectivity index (χ4n) is 1.63. The van der Waals surface area contributed by atoms with Crippen molar-refractivity contribution < 1.29 is 19.8 Å². The molecule has 1 rings (SSSR count). The highest BCUT2D eigenvalue weighted by Crippen LogP contribution is 2.26. The van der Waals surface area contributed by atoms with E-state index in [1.54, 1.807) is 0 Å². The molecule has 0 aliphatic heterocycles. The molecule has 1 fully saturated rings. The van der Waals surface area contributed by atoms with Crippen molar-refractivity contribution in [2.24, 2.45) is 5.92 Å². The summed E-state index contributed by atoms with van der Waals surface area (Å²) in [7, 11) is 0. The molecule has 0 heterocycles. The van der Waals surface area contributed by atoms with Crippen molar-refractivity contribution >= 4 is 11.9 Å².